The maximum Gasteiger partial charge on any atom is 0.151 e. The Balaban J connectivity index is 0.00000240. The summed E-state index contributed by atoms with van der Waals surface area (Å²) in [6.45, 7) is 9.10. The van der Waals surface area contributed by atoms with Crippen molar-refractivity contribution in [2.45, 2.75) is 70.5 Å². The number of rotatable bonds is 3. The molecule has 4 rings (SSSR count). The van der Waals surface area contributed by atoms with Crippen molar-refractivity contribution in [3.63, 3.8) is 0 Å². The van der Waals surface area contributed by atoms with Gasteiger partial charge >= 0.3 is 0 Å². The van der Waals surface area contributed by atoms with Crippen molar-refractivity contribution in [1.82, 2.24) is 15.5 Å². The summed E-state index contributed by atoms with van der Waals surface area (Å²) < 4.78 is 0. The highest BCUT2D eigenvalue weighted by atomic mass is 35.5. The quantitative estimate of drug-likeness (QED) is 0.770. The van der Waals surface area contributed by atoms with Gasteiger partial charge in [0.2, 0.25) is 0 Å². The molecule has 0 spiro atoms. The van der Waals surface area contributed by atoms with Gasteiger partial charge in [-0.25, -0.2) is 0 Å². The molecular weight excluding hydrogens is 382 g/mol. The minimum absolute atomic E-state index is 0. The molecule has 1 aliphatic carbocycles. The molecule has 1 aliphatic heterocycles. The zero-order valence-corrected chi connectivity index (χ0v) is 18.9. The highest BCUT2D eigenvalue weighted by molar-refractivity contribution is 6.02. The van der Waals surface area contributed by atoms with Gasteiger partial charge in [0, 0.05) is 35.4 Å². The van der Waals surface area contributed by atoms with Gasteiger partial charge in [0.1, 0.15) is 0 Å². The van der Waals surface area contributed by atoms with Gasteiger partial charge in [-0.15, -0.1) is 22.6 Å². The number of fused-ring (bicyclic) bond motifs is 1. The number of anilines is 1. The molecule has 0 unspecified atom stereocenters. The summed E-state index contributed by atoms with van der Waals surface area (Å²) >= 11 is 0. The average Bonchev–Trinajstić information content (AvgIpc) is 2.99. The molecule has 156 valence electrons. The first-order chi connectivity index (χ1) is 13.1. The molecule has 1 aromatic carbocycles. The number of piperidine rings is 1. The Morgan fingerprint density at radius 3 is 2.31 bits per heavy atom. The Bertz CT molecular complexity index is 888. The van der Waals surface area contributed by atoms with Gasteiger partial charge in [0.25, 0.3) is 0 Å². The Kier molecular flexibility index (Phi) is 5.76. The van der Waals surface area contributed by atoms with Gasteiger partial charge in [0.05, 0.1) is 5.69 Å². The Hall–Kier alpha value is -1.98. The van der Waals surface area contributed by atoms with E-state index in [1.165, 1.54) is 5.56 Å². The second-order valence-electron chi connectivity index (χ2n) is 9.69. The van der Waals surface area contributed by atoms with E-state index in [1.807, 2.05) is 0 Å². The molecule has 2 N–H and O–H groups in total. The van der Waals surface area contributed by atoms with E-state index in [-0.39, 0.29) is 23.5 Å². The maximum absolute atomic E-state index is 8.00. The van der Waals surface area contributed by atoms with Crippen LogP contribution < -0.4 is 10.2 Å². The van der Waals surface area contributed by atoms with Crippen molar-refractivity contribution >= 4 is 23.9 Å². The third-order valence-electron chi connectivity index (χ3n) is 6.10. The number of benzene rings is 1. The minimum atomic E-state index is 0. The van der Waals surface area contributed by atoms with Crippen molar-refractivity contribution in [3.05, 3.63) is 41.5 Å². The number of hydrogen-bond donors (Lipinski definition) is 2. The SMILES string of the molecule is CN(c1ccc(-c2ccc3c(c2)CCC3=N)nn1)C1CC(C)(C)NC(C)(C)C1.Cl. The fraction of sp³-hybridized carbons (Fsp3) is 0.522. The van der Waals surface area contributed by atoms with E-state index < -0.39 is 0 Å². The van der Waals surface area contributed by atoms with Gasteiger partial charge in [0.15, 0.2) is 5.82 Å². The van der Waals surface area contributed by atoms with Crippen LogP contribution in [0.25, 0.3) is 11.3 Å². The van der Waals surface area contributed by atoms with E-state index in [0.717, 1.165) is 54.0 Å². The Morgan fingerprint density at radius 1 is 1.00 bits per heavy atom. The zero-order valence-electron chi connectivity index (χ0n) is 18.0. The van der Waals surface area contributed by atoms with Gasteiger partial charge in [-0.2, -0.15) is 0 Å². The lowest BCUT2D eigenvalue weighted by Crippen LogP contribution is -2.62. The highest BCUT2D eigenvalue weighted by Gasteiger charge is 2.39. The van der Waals surface area contributed by atoms with Crippen molar-refractivity contribution in [2.24, 2.45) is 0 Å². The van der Waals surface area contributed by atoms with Crippen LogP contribution in [-0.4, -0.2) is 40.1 Å². The van der Waals surface area contributed by atoms with E-state index in [1.54, 1.807) is 0 Å². The molecule has 2 aromatic rings. The van der Waals surface area contributed by atoms with E-state index in [9.17, 15) is 0 Å². The van der Waals surface area contributed by atoms with Crippen LogP contribution in [-0.2, 0) is 6.42 Å². The summed E-state index contributed by atoms with van der Waals surface area (Å²) in [5.74, 6) is 0.921. The molecule has 0 amide bonds. The standard InChI is InChI=1S/C23H31N5.ClH/c1-22(2)13-17(14-23(3,4)27-22)28(5)21-11-10-20(25-26-21)16-6-8-18-15(12-16)7-9-19(18)24;/h6,8,10-12,17,24,27H,7,9,13-14H2,1-5H3;1H. The molecule has 2 aliphatic rings. The third kappa shape index (κ3) is 4.46. The highest BCUT2D eigenvalue weighted by Crippen LogP contribution is 2.33. The first-order valence-corrected chi connectivity index (χ1v) is 10.2. The lowest BCUT2D eigenvalue weighted by atomic mass is 9.79. The van der Waals surface area contributed by atoms with E-state index in [0.29, 0.717) is 6.04 Å². The van der Waals surface area contributed by atoms with Gasteiger partial charge in [-0.3, -0.25) is 0 Å². The van der Waals surface area contributed by atoms with E-state index in [2.05, 4.69) is 85.5 Å². The smallest absolute Gasteiger partial charge is 0.151 e. The van der Waals surface area contributed by atoms with Crippen molar-refractivity contribution in [2.75, 3.05) is 11.9 Å². The zero-order chi connectivity index (χ0) is 20.1. The minimum Gasteiger partial charge on any atom is -0.355 e. The monoisotopic (exact) mass is 413 g/mol. The van der Waals surface area contributed by atoms with Crippen molar-refractivity contribution in [3.8, 4) is 11.3 Å². The summed E-state index contributed by atoms with van der Waals surface area (Å²) in [7, 11) is 2.13. The summed E-state index contributed by atoms with van der Waals surface area (Å²) in [4.78, 5) is 2.28. The van der Waals surface area contributed by atoms with Crippen LogP contribution >= 0.6 is 12.4 Å². The van der Waals surface area contributed by atoms with Crippen LogP contribution in [0.2, 0.25) is 0 Å². The molecule has 1 aromatic heterocycles. The van der Waals surface area contributed by atoms with Crippen molar-refractivity contribution < 1.29 is 0 Å². The third-order valence-corrected chi connectivity index (χ3v) is 6.10. The normalized spacial score (nSPS) is 20.1. The maximum atomic E-state index is 8.00. The van der Waals surface area contributed by atoms with Crippen molar-refractivity contribution in [1.29, 1.82) is 5.41 Å². The molecule has 1 saturated heterocycles. The van der Waals surface area contributed by atoms with Crippen LogP contribution in [0.5, 0.6) is 0 Å². The largest absolute Gasteiger partial charge is 0.355 e. The lowest BCUT2D eigenvalue weighted by molar-refractivity contribution is 0.160. The molecule has 0 bridgehead atoms. The second-order valence-corrected chi connectivity index (χ2v) is 9.69. The number of aryl methyl sites for hydroxylation is 1. The number of hydrogen-bond acceptors (Lipinski definition) is 5. The predicted molar refractivity (Wildman–Crippen MR) is 123 cm³/mol. The molecule has 6 heteroatoms. The summed E-state index contributed by atoms with van der Waals surface area (Å²) in [5, 5.41) is 20.8. The molecule has 2 heterocycles. The molecule has 1 fully saturated rings. The fourth-order valence-electron chi connectivity index (χ4n) is 5.05. The Morgan fingerprint density at radius 2 is 1.69 bits per heavy atom. The predicted octanol–water partition coefficient (Wildman–Crippen LogP) is 4.62. The summed E-state index contributed by atoms with van der Waals surface area (Å²) in [6, 6.07) is 10.9. The van der Waals surface area contributed by atoms with Crippen LogP contribution in [0.1, 0.15) is 58.1 Å². The first kappa shape index (κ1) is 21.7. The van der Waals surface area contributed by atoms with Crippen LogP contribution in [0.4, 0.5) is 5.82 Å². The molecule has 0 radical (unpaired) electrons. The fourth-order valence-corrected chi connectivity index (χ4v) is 5.05. The topological polar surface area (TPSA) is 64.9 Å². The summed E-state index contributed by atoms with van der Waals surface area (Å²) in [6.07, 6.45) is 3.95. The lowest BCUT2D eigenvalue weighted by Gasteiger charge is -2.49. The Labute approximate surface area is 180 Å². The van der Waals surface area contributed by atoms with E-state index in [4.69, 9.17) is 5.41 Å². The second kappa shape index (κ2) is 7.69. The molecule has 0 atom stereocenters. The number of nitrogens with zero attached hydrogens (tertiary/aromatic N) is 3. The van der Waals surface area contributed by atoms with Gasteiger partial charge in [-0.05, 0) is 82.7 Å². The van der Waals surface area contributed by atoms with E-state index >= 15 is 0 Å². The summed E-state index contributed by atoms with van der Waals surface area (Å²) in [5.41, 5.74) is 5.27. The molecule has 5 nitrogen and oxygen atoms in total. The first-order valence-electron chi connectivity index (χ1n) is 10.2. The van der Waals surface area contributed by atoms with Crippen LogP contribution in [0.3, 0.4) is 0 Å². The molecular formula is C23H32ClN5. The van der Waals surface area contributed by atoms with Gasteiger partial charge in [-0.1, -0.05) is 12.1 Å². The number of aromatic nitrogens is 2. The van der Waals surface area contributed by atoms with Crippen LogP contribution in [0.15, 0.2) is 30.3 Å². The molecule has 29 heavy (non-hydrogen) atoms. The van der Waals surface area contributed by atoms with Crippen LogP contribution in [0, 0.1) is 5.41 Å². The molecule has 0 saturated carbocycles. The average molecular weight is 414 g/mol. The van der Waals surface area contributed by atoms with Gasteiger partial charge < -0.3 is 15.6 Å². The number of halogens is 1. The number of nitrogens with one attached hydrogen (secondary N) is 2.